The van der Waals surface area contributed by atoms with E-state index >= 15 is 0 Å². The summed E-state index contributed by atoms with van der Waals surface area (Å²) < 4.78 is 5.45. The second kappa shape index (κ2) is 3.32. The molecular formula is C9H19NO2. The van der Waals surface area contributed by atoms with Gasteiger partial charge in [-0.25, -0.2) is 0 Å². The summed E-state index contributed by atoms with van der Waals surface area (Å²) in [6.45, 7) is 4.36. The lowest BCUT2D eigenvalue weighted by Gasteiger charge is -2.41. The average Bonchev–Trinajstić information content (AvgIpc) is 2.11. The molecule has 1 aliphatic heterocycles. The van der Waals surface area contributed by atoms with Crippen molar-refractivity contribution in [2.24, 2.45) is 5.73 Å². The zero-order chi connectivity index (χ0) is 9.24. The topological polar surface area (TPSA) is 55.5 Å². The number of hydrogen-bond donors (Lipinski definition) is 2. The third-order valence-corrected chi connectivity index (χ3v) is 2.90. The van der Waals surface area contributed by atoms with Crippen LogP contribution in [0.2, 0.25) is 0 Å². The van der Waals surface area contributed by atoms with Crippen LogP contribution in [0.3, 0.4) is 0 Å². The normalized spacial score (nSPS) is 43.0. The van der Waals surface area contributed by atoms with Gasteiger partial charge in [0, 0.05) is 0 Å². The SMILES string of the molecule is CCC1(O)CCC(N)(CC)OC1. The van der Waals surface area contributed by atoms with Crippen LogP contribution in [-0.4, -0.2) is 23.0 Å². The highest BCUT2D eigenvalue weighted by Crippen LogP contribution is 2.30. The highest BCUT2D eigenvalue weighted by atomic mass is 16.5. The maximum Gasteiger partial charge on any atom is 0.116 e. The van der Waals surface area contributed by atoms with Crippen LogP contribution in [0.25, 0.3) is 0 Å². The standard InChI is InChI=1S/C9H19NO2/c1-3-8(11)5-6-9(10,4-2)12-7-8/h11H,3-7,10H2,1-2H3. The van der Waals surface area contributed by atoms with Gasteiger partial charge in [0.15, 0.2) is 0 Å². The summed E-state index contributed by atoms with van der Waals surface area (Å²) in [6.07, 6.45) is 3.07. The molecule has 0 spiro atoms. The molecule has 0 radical (unpaired) electrons. The van der Waals surface area contributed by atoms with E-state index in [1.54, 1.807) is 0 Å². The molecular weight excluding hydrogens is 154 g/mol. The summed E-state index contributed by atoms with van der Waals surface area (Å²) in [4.78, 5) is 0. The van der Waals surface area contributed by atoms with Crippen LogP contribution in [0.15, 0.2) is 0 Å². The molecule has 0 aromatic rings. The smallest absolute Gasteiger partial charge is 0.116 e. The predicted octanol–water partition coefficient (Wildman–Crippen LogP) is 1.00. The summed E-state index contributed by atoms with van der Waals surface area (Å²) in [6, 6.07) is 0. The molecule has 1 rings (SSSR count). The van der Waals surface area contributed by atoms with Gasteiger partial charge in [0.1, 0.15) is 5.72 Å². The summed E-state index contributed by atoms with van der Waals surface area (Å²) in [5.41, 5.74) is 4.79. The van der Waals surface area contributed by atoms with Gasteiger partial charge in [0.05, 0.1) is 12.2 Å². The fourth-order valence-corrected chi connectivity index (χ4v) is 1.42. The van der Waals surface area contributed by atoms with Crippen molar-refractivity contribution in [3.8, 4) is 0 Å². The molecule has 0 aromatic carbocycles. The third-order valence-electron chi connectivity index (χ3n) is 2.90. The van der Waals surface area contributed by atoms with Crippen LogP contribution in [0.4, 0.5) is 0 Å². The molecule has 1 fully saturated rings. The van der Waals surface area contributed by atoms with E-state index in [2.05, 4.69) is 0 Å². The molecule has 0 aromatic heterocycles. The minimum Gasteiger partial charge on any atom is -0.387 e. The van der Waals surface area contributed by atoms with Crippen LogP contribution in [0.1, 0.15) is 39.5 Å². The highest BCUT2D eigenvalue weighted by molar-refractivity contribution is 4.87. The number of aliphatic hydroxyl groups is 1. The molecule has 0 saturated carbocycles. The summed E-state index contributed by atoms with van der Waals surface area (Å²) >= 11 is 0. The number of nitrogens with two attached hydrogens (primary N) is 1. The zero-order valence-corrected chi connectivity index (χ0v) is 7.97. The van der Waals surface area contributed by atoms with Gasteiger partial charge in [-0.3, -0.25) is 0 Å². The van der Waals surface area contributed by atoms with Crippen molar-refractivity contribution in [3.05, 3.63) is 0 Å². The average molecular weight is 173 g/mol. The van der Waals surface area contributed by atoms with Crippen molar-refractivity contribution in [1.82, 2.24) is 0 Å². The van der Waals surface area contributed by atoms with E-state index < -0.39 is 11.3 Å². The van der Waals surface area contributed by atoms with Gasteiger partial charge in [0.25, 0.3) is 0 Å². The molecule has 1 saturated heterocycles. The fraction of sp³-hybridized carbons (Fsp3) is 1.00. The van der Waals surface area contributed by atoms with Crippen LogP contribution in [0.5, 0.6) is 0 Å². The molecule has 3 nitrogen and oxygen atoms in total. The van der Waals surface area contributed by atoms with Crippen molar-refractivity contribution in [2.45, 2.75) is 50.9 Å². The molecule has 12 heavy (non-hydrogen) atoms. The predicted molar refractivity (Wildman–Crippen MR) is 47.6 cm³/mol. The molecule has 2 atom stereocenters. The zero-order valence-electron chi connectivity index (χ0n) is 7.97. The van der Waals surface area contributed by atoms with E-state index in [4.69, 9.17) is 10.5 Å². The monoisotopic (exact) mass is 173 g/mol. The van der Waals surface area contributed by atoms with E-state index in [0.29, 0.717) is 6.61 Å². The lowest BCUT2D eigenvalue weighted by atomic mass is 9.88. The molecule has 3 N–H and O–H groups in total. The molecule has 2 unspecified atom stereocenters. The lowest BCUT2D eigenvalue weighted by Crippen LogP contribution is -2.52. The quantitative estimate of drug-likeness (QED) is 0.655. The molecule has 1 aliphatic rings. The van der Waals surface area contributed by atoms with Gasteiger partial charge in [-0.05, 0) is 25.7 Å². The molecule has 1 heterocycles. The number of hydrogen-bond acceptors (Lipinski definition) is 3. The van der Waals surface area contributed by atoms with Crippen molar-refractivity contribution in [1.29, 1.82) is 0 Å². The van der Waals surface area contributed by atoms with Crippen LogP contribution in [-0.2, 0) is 4.74 Å². The van der Waals surface area contributed by atoms with Crippen molar-refractivity contribution < 1.29 is 9.84 Å². The maximum absolute atomic E-state index is 9.83. The van der Waals surface area contributed by atoms with E-state index in [-0.39, 0.29) is 0 Å². The van der Waals surface area contributed by atoms with Gasteiger partial charge < -0.3 is 15.6 Å². The first kappa shape index (κ1) is 9.96. The van der Waals surface area contributed by atoms with Crippen molar-refractivity contribution in [2.75, 3.05) is 6.61 Å². The molecule has 72 valence electrons. The minimum atomic E-state index is -0.627. The second-order valence-corrected chi connectivity index (χ2v) is 3.78. The lowest BCUT2D eigenvalue weighted by molar-refractivity contribution is -0.168. The largest absolute Gasteiger partial charge is 0.387 e. The fourth-order valence-electron chi connectivity index (χ4n) is 1.42. The van der Waals surface area contributed by atoms with E-state index in [1.807, 2.05) is 13.8 Å². The number of ether oxygens (including phenoxy) is 1. The summed E-state index contributed by atoms with van der Waals surface area (Å²) in [5.74, 6) is 0. The number of rotatable bonds is 2. The Morgan fingerprint density at radius 2 is 2.00 bits per heavy atom. The van der Waals surface area contributed by atoms with Gasteiger partial charge >= 0.3 is 0 Å². The Balaban J connectivity index is 2.49. The molecule has 0 bridgehead atoms. The Labute approximate surface area is 73.9 Å². The Kier molecular flexibility index (Phi) is 2.76. The Bertz CT molecular complexity index is 133. The van der Waals surface area contributed by atoms with E-state index in [9.17, 15) is 5.11 Å². The first-order valence-corrected chi connectivity index (χ1v) is 4.69. The molecule has 0 amide bonds. The Morgan fingerprint density at radius 3 is 2.33 bits per heavy atom. The van der Waals surface area contributed by atoms with Crippen LogP contribution >= 0.6 is 0 Å². The first-order valence-electron chi connectivity index (χ1n) is 4.69. The third kappa shape index (κ3) is 1.97. The highest BCUT2D eigenvalue weighted by Gasteiger charge is 2.38. The van der Waals surface area contributed by atoms with Crippen LogP contribution < -0.4 is 5.73 Å². The van der Waals surface area contributed by atoms with Gasteiger partial charge in [0.2, 0.25) is 0 Å². The van der Waals surface area contributed by atoms with Crippen molar-refractivity contribution in [3.63, 3.8) is 0 Å². The van der Waals surface area contributed by atoms with Crippen LogP contribution in [0, 0.1) is 0 Å². The van der Waals surface area contributed by atoms with Crippen molar-refractivity contribution >= 4 is 0 Å². The minimum absolute atomic E-state index is 0.383. The Hall–Kier alpha value is -0.120. The summed E-state index contributed by atoms with van der Waals surface area (Å²) in [7, 11) is 0. The van der Waals surface area contributed by atoms with E-state index in [1.165, 1.54) is 0 Å². The molecule has 3 heteroatoms. The van der Waals surface area contributed by atoms with E-state index in [0.717, 1.165) is 25.7 Å². The maximum atomic E-state index is 9.83. The van der Waals surface area contributed by atoms with Gasteiger partial charge in [-0.1, -0.05) is 13.8 Å². The Morgan fingerprint density at radius 1 is 1.33 bits per heavy atom. The van der Waals surface area contributed by atoms with Gasteiger partial charge in [-0.2, -0.15) is 0 Å². The second-order valence-electron chi connectivity index (χ2n) is 3.78. The first-order chi connectivity index (χ1) is 5.54. The summed E-state index contributed by atoms with van der Waals surface area (Å²) in [5, 5.41) is 9.83. The van der Waals surface area contributed by atoms with Gasteiger partial charge in [-0.15, -0.1) is 0 Å². The molecule has 0 aliphatic carbocycles.